The number of pyridine rings is 1. The first-order chi connectivity index (χ1) is 10.8. The summed E-state index contributed by atoms with van der Waals surface area (Å²) in [6.45, 7) is 0.580. The topological polar surface area (TPSA) is 124 Å². The van der Waals surface area contributed by atoms with E-state index in [0.29, 0.717) is 42.6 Å². The Morgan fingerprint density at radius 1 is 1.27 bits per heavy atom. The standard InChI is InChI=1S/C14H16N6O2/c15-7-1-4-11-19-20-12(22-11)6-5-10(21)14-17-9-3-2-8-16-13(9)18-14/h2-3,8H,1,4-7,15H2,(H,16,17,18). The molecule has 22 heavy (non-hydrogen) atoms. The molecule has 0 atom stereocenters. The number of Topliss-reactive ketones (excluding diaryl/α,β-unsaturated/α-hetero) is 1. The summed E-state index contributed by atoms with van der Waals surface area (Å²) in [4.78, 5) is 23.4. The zero-order valence-electron chi connectivity index (χ0n) is 12.0. The van der Waals surface area contributed by atoms with Crippen LogP contribution in [0.5, 0.6) is 0 Å². The Hall–Kier alpha value is -2.61. The third-order valence-corrected chi connectivity index (χ3v) is 3.19. The molecule has 3 heterocycles. The van der Waals surface area contributed by atoms with E-state index in [4.69, 9.17) is 10.2 Å². The quantitative estimate of drug-likeness (QED) is 0.625. The van der Waals surface area contributed by atoms with Crippen molar-refractivity contribution < 1.29 is 9.21 Å². The second-order valence-electron chi connectivity index (χ2n) is 4.86. The average Bonchev–Trinajstić information content (AvgIpc) is 3.17. The van der Waals surface area contributed by atoms with E-state index in [1.165, 1.54) is 0 Å². The highest BCUT2D eigenvalue weighted by Gasteiger charge is 2.14. The van der Waals surface area contributed by atoms with Crippen molar-refractivity contribution in [1.29, 1.82) is 0 Å². The van der Waals surface area contributed by atoms with Crippen LogP contribution in [0, 0.1) is 0 Å². The number of H-pyrrole nitrogens is 1. The summed E-state index contributed by atoms with van der Waals surface area (Å²) in [6, 6.07) is 3.61. The monoisotopic (exact) mass is 300 g/mol. The molecule has 0 aliphatic rings. The second-order valence-corrected chi connectivity index (χ2v) is 4.86. The van der Waals surface area contributed by atoms with Gasteiger partial charge in [0, 0.05) is 25.5 Å². The maximum atomic E-state index is 12.1. The maximum absolute atomic E-state index is 12.1. The van der Waals surface area contributed by atoms with Crippen LogP contribution in [-0.4, -0.2) is 37.5 Å². The Labute approximate surface area is 126 Å². The van der Waals surface area contributed by atoms with Crippen LogP contribution in [0.4, 0.5) is 0 Å². The predicted molar refractivity (Wildman–Crippen MR) is 78.2 cm³/mol. The summed E-state index contributed by atoms with van der Waals surface area (Å²) in [7, 11) is 0. The maximum Gasteiger partial charge on any atom is 0.217 e. The number of carbonyl (C=O) groups is 1. The van der Waals surface area contributed by atoms with Crippen LogP contribution in [0.1, 0.15) is 35.2 Å². The molecule has 3 N–H and O–H groups in total. The lowest BCUT2D eigenvalue weighted by Crippen LogP contribution is -2.03. The molecule has 0 amide bonds. The first-order valence-electron chi connectivity index (χ1n) is 7.11. The van der Waals surface area contributed by atoms with E-state index in [9.17, 15) is 4.79 Å². The summed E-state index contributed by atoms with van der Waals surface area (Å²) < 4.78 is 5.46. The number of rotatable bonds is 7. The molecule has 0 aliphatic heterocycles. The summed E-state index contributed by atoms with van der Waals surface area (Å²) >= 11 is 0. The van der Waals surface area contributed by atoms with Gasteiger partial charge in [-0.25, -0.2) is 9.97 Å². The van der Waals surface area contributed by atoms with Gasteiger partial charge in [-0.2, -0.15) is 0 Å². The number of hydrogen-bond acceptors (Lipinski definition) is 7. The molecule has 0 spiro atoms. The Balaban J connectivity index is 1.60. The minimum Gasteiger partial charge on any atom is -0.425 e. The lowest BCUT2D eigenvalue weighted by molar-refractivity contribution is 0.0971. The van der Waals surface area contributed by atoms with E-state index in [-0.39, 0.29) is 12.2 Å². The lowest BCUT2D eigenvalue weighted by atomic mass is 10.2. The van der Waals surface area contributed by atoms with Crippen molar-refractivity contribution >= 4 is 16.9 Å². The normalized spacial score (nSPS) is 11.1. The molecule has 0 fully saturated rings. The number of aromatic nitrogens is 5. The molecule has 3 aromatic heterocycles. The van der Waals surface area contributed by atoms with E-state index in [2.05, 4.69) is 25.1 Å². The van der Waals surface area contributed by atoms with Gasteiger partial charge in [0.2, 0.25) is 11.8 Å². The SMILES string of the molecule is NCCCc1nnc(CCC(=O)c2nc3ncccc3[nH]2)o1. The molecule has 114 valence electrons. The van der Waals surface area contributed by atoms with Crippen molar-refractivity contribution in [2.75, 3.05) is 6.54 Å². The number of aromatic amines is 1. The molecule has 3 aromatic rings. The predicted octanol–water partition coefficient (Wildman–Crippen LogP) is 1.05. The first-order valence-corrected chi connectivity index (χ1v) is 7.11. The Bertz CT molecular complexity index is 745. The molecular formula is C14H16N6O2. The number of fused-ring (bicyclic) bond motifs is 1. The fourth-order valence-electron chi connectivity index (χ4n) is 2.06. The number of aryl methyl sites for hydroxylation is 2. The van der Waals surface area contributed by atoms with Crippen LogP contribution in [0.25, 0.3) is 11.2 Å². The van der Waals surface area contributed by atoms with Crippen LogP contribution in [-0.2, 0) is 12.8 Å². The third kappa shape index (κ3) is 3.17. The molecule has 3 rings (SSSR count). The molecule has 0 aliphatic carbocycles. The Morgan fingerprint density at radius 3 is 2.86 bits per heavy atom. The van der Waals surface area contributed by atoms with Gasteiger partial charge in [-0.05, 0) is 25.1 Å². The van der Waals surface area contributed by atoms with Crippen LogP contribution in [0.15, 0.2) is 22.7 Å². The minimum absolute atomic E-state index is 0.111. The van der Waals surface area contributed by atoms with E-state index in [1.54, 1.807) is 12.3 Å². The van der Waals surface area contributed by atoms with Gasteiger partial charge in [0.05, 0.1) is 5.52 Å². The fraction of sp³-hybridized carbons (Fsp3) is 0.357. The van der Waals surface area contributed by atoms with Gasteiger partial charge >= 0.3 is 0 Å². The van der Waals surface area contributed by atoms with Gasteiger partial charge in [-0.3, -0.25) is 4.79 Å². The third-order valence-electron chi connectivity index (χ3n) is 3.19. The number of carbonyl (C=O) groups excluding carboxylic acids is 1. The van der Waals surface area contributed by atoms with Crippen LogP contribution in [0.2, 0.25) is 0 Å². The lowest BCUT2D eigenvalue weighted by Gasteiger charge is -1.94. The van der Waals surface area contributed by atoms with Gasteiger partial charge in [0.25, 0.3) is 0 Å². The average molecular weight is 300 g/mol. The van der Waals surface area contributed by atoms with E-state index in [0.717, 1.165) is 11.9 Å². The highest BCUT2D eigenvalue weighted by atomic mass is 16.4. The van der Waals surface area contributed by atoms with Gasteiger partial charge in [0.1, 0.15) is 0 Å². The van der Waals surface area contributed by atoms with Gasteiger partial charge in [-0.15, -0.1) is 10.2 Å². The van der Waals surface area contributed by atoms with Crippen molar-refractivity contribution in [1.82, 2.24) is 25.1 Å². The number of nitrogens with zero attached hydrogens (tertiary/aromatic N) is 4. The minimum atomic E-state index is -0.111. The van der Waals surface area contributed by atoms with E-state index < -0.39 is 0 Å². The van der Waals surface area contributed by atoms with E-state index in [1.807, 2.05) is 6.07 Å². The smallest absolute Gasteiger partial charge is 0.217 e. The van der Waals surface area contributed by atoms with Crippen molar-refractivity contribution in [2.45, 2.75) is 25.7 Å². The molecule has 0 radical (unpaired) electrons. The summed E-state index contributed by atoms with van der Waals surface area (Å²) in [5.74, 6) is 1.20. The van der Waals surface area contributed by atoms with Gasteiger partial charge in [0.15, 0.2) is 17.3 Å². The molecule has 0 aromatic carbocycles. The molecule has 0 saturated carbocycles. The first kappa shape index (κ1) is 14.3. The molecule has 0 unspecified atom stereocenters. The van der Waals surface area contributed by atoms with Crippen molar-refractivity contribution in [3.8, 4) is 0 Å². The van der Waals surface area contributed by atoms with Crippen LogP contribution in [0.3, 0.4) is 0 Å². The van der Waals surface area contributed by atoms with Crippen molar-refractivity contribution in [2.24, 2.45) is 5.73 Å². The number of ketones is 1. The highest BCUT2D eigenvalue weighted by Crippen LogP contribution is 2.11. The highest BCUT2D eigenvalue weighted by molar-refractivity contribution is 5.95. The number of hydrogen-bond donors (Lipinski definition) is 2. The van der Waals surface area contributed by atoms with Crippen molar-refractivity contribution in [3.63, 3.8) is 0 Å². The number of nitrogens with two attached hydrogens (primary N) is 1. The second kappa shape index (κ2) is 6.44. The fourth-order valence-corrected chi connectivity index (χ4v) is 2.06. The number of imidazole rings is 1. The van der Waals surface area contributed by atoms with Crippen LogP contribution < -0.4 is 5.73 Å². The van der Waals surface area contributed by atoms with Gasteiger partial charge < -0.3 is 15.1 Å². The Kier molecular flexibility index (Phi) is 4.19. The Morgan fingerprint density at radius 2 is 2.09 bits per heavy atom. The zero-order chi connectivity index (χ0) is 15.4. The summed E-state index contributed by atoms with van der Waals surface area (Å²) in [5, 5.41) is 7.85. The van der Waals surface area contributed by atoms with Crippen molar-refractivity contribution in [3.05, 3.63) is 35.9 Å². The van der Waals surface area contributed by atoms with E-state index >= 15 is 0 Å². The summed E-state index contributed by atoms with van der Waals surface area (Å²) in [6.07, 6.45) is 3.73. The molecule has 0 bridgehead atoms. The number of nitrogens with one attached hydrogen (secondary N) is 1. The molecule has 0 saturated heterocycles. The molecule has 8 heteroatoms. The molecule has 8 nitrogen and oxygen atoms in total. The summed E-state index contributed by atoms with van der Waals surface area (Å²) in [5.41, 5.74) is 6.71. The van der Waals surface area contributed by atoms with Crippen LogP contribution >= 0.6 is 0 Å². The largest absolute Gasteiger partial charge is 0.425 e. The van der Waals surface area contributed by atoms with Gasteiger partial charge in [-0.1, -0.05) is 0 Å². The molecular weight excluding hydrogens is 284 g/mol. The zero-order valence-corrected chi connectivity index (χ0v) is 12.0.